The van der Waals surface area contributed by atoms with Gasteiger partial charge in [0, 0.05) is 17.7 Å². The Kier molecular flexibility index (Phi) is 2.34. The van der Waals surface area contributed by atoms with E-state index in [1.165, 1.54) is 5.56 Å². The van der Waals surface area contributed by atoms with Crippen LogP contribution in [0.25, 0.3) is 11.3 Å². The van der Waals surface area contributed by atoms with Crippen molar-refractivity contribution in [3.63, 3.8) is 0 Å². The van der Waals surface area contributed by atoms with Gasteiger partial charge in [-0.1, -0.05) is 18.2 Å². The second-order valence-corrected chi connectivity index (χ2v) is 4.31. The van der Waals surface area contributed by atoms with E-state index in [1.54, 1.807) is 12.3 Å². The number of hydrogen-bond donors (Lipinski definition) is 2. The van der Waals surface area contributed by atoms with Gasteiger partial charge < -0.3 is 10.8 Å². The van der Waals surface area contributed by atoms with Crippen LogP contribution in [0.2, 0.25) is 0 Å². The Morgan fingerprint density at radius 2 is 2.00 bits per heavy atom. The van der Waals surface area contributed by atoms with Gasteiger partial charge in [-0.05, 0) is 36.2 Å². The number of aromatic hydroxyl groups is 1. The Balaban J connectivity index is 2.26. The van der Waals surface area contributed by atoms with E-state index < -0.39 is 0 Å². The number of pyridine rings is 1. The SMILES string of the molecule is NCCC1c2cccnc2-c2c(O)cccc21. The molecule has 1 aromatic heterocycles. The van der Waals surface area contributed by atoms with E-state index in [4.69, 9.17) is 5.73 Å². The Hall–Kier alpha value is -1.87. The number of phenolic OH excluding ortho intramolecular Hbond substituents is 1. The summed E-state index contributed by atoms with van der Waals surface area (Å²) in [5.74, 6) is 0.577. The van der Waals surface area contributed by atoms with Gasteiger partial charge in [0.05, 0.1) is 5.69 Å². The third kappa shape index (κ3) is 1.43. The first-order chi connectivity index (χ1) is 8.33. The molecule has 1 aliphatic rings. The molecule has 0 spiro atoms. The molecule has 0 bridgehead atoms. The van der Waals surface area contributed by atoms with Crippen molar-refractivity contribution in [2.75, 3.05) is 6.54 Å². The second kappa shape index (κ2) is 3.86. The zero-order valence-corrected chi connectivity index (χ0v) is 9.43. The van der Waals surface area contributed by atoms with E-state index >= 15 is 0 Å². The predicted octanol–water partition coefficient (Wildman–Crippen LogP) is 2.25. The van der Waals surface area contributed by atoms with Crippen molar-refractivity contribution in [3.05, 3.63) is 47.7 Å². The van der Waals surface area contributed by atoms with Gasteiger partial charge in [0.2, 0.25) is 0 Å². The van der Waals surface area contributed by atoms with Gasteiger partial charge in [0.15, 0.2) is 0 Å². The lowest BCUT2D eigenvalue weighted by molar-refractivity contribution is 0.476. The molecule has 3 nitrogen and oxygen atoms in total. The molecule has 1 unspecified atom stereocenters. The fourth-order valence-corrected chi connectivity index (χ4v) is 2.66. The van der Waals surface area contributed by atoms with Crippen molar-refractivity contribution in [1.82, 2.24) is 4.98 Å². The van der Waals surface area contributed by atoms with E-state index in [2.05, 4.69) is 17.1 Å². The van der Waals surface area contributed by atoms with Crippen molar-refractivity contribution < 1.29 is 5.11 Å². The first kappa shape index (κ1) is 10.3. The zero-order valence-electron chi connectivity index (χ0n) is 9.43. The molecule has 3 heteroatoms. The van der Waals surface area contributed by atoms with Crippen molar-refractivity contribution in [1.29, 1.82) is 0 Å². The van der Waals surface area contributed by atoms with Gasteiger partial charge in [-0.3, -0.25) is 4.98 Å². The van der Waals surface area contributed by atoms with Crippen LogP contribution in [0, 0.1) is 0 Å². The molecule has 17 heavy (non-hydrogen) atoms. The predicted molar refractivity (Wildman–Crippen MR) is 66.9 cm³/mol. The van der Waals surface area contributed by atoms with Gasteiger partial charge in [0.25, 0.3) is 0 Å². The zero-order chi connectivity index (χ0) is 11.8. The van der Waals surface area contributed by atoms with Crippen LogP contribution < -0.4 is 5.73 Å². The molecular formula is C14H14N2O. The molecule has 1 heterocycles. The standard InChI is InChI=1S/C14H14N2O/c15-7-6-9-10-3-1-5-12(17)13(10)14-11(9)4-2-8-16-14/h1-5,8-9,17H,6-7,15H2. The van der Waals surface area contributed by atoms with Gasteiger partial charge in [-0.15, -0.1) is 0 Å². The van der Waals surface area contributed by atoms with Gasteiger partial charge >= 0.3 is 0 Å². The second-order valence-electron chi connectivity index (χ2n) is 4.31. The highest BCUT2D eigenvalue weighted by molar-refractivity contribution is 5.80. The minimum absolute atomic E-state index is 0.269. The molecule has 3 N–H and O–H groups in total. The van der Waals surface area contributed by atoms with E-state index in [0.29, 0.717) is 12.3 Å². The number of hydrogen-bond acceptors (Lipinski definition) is 3. The lowest BCUT2D eigenvalue weighted by Gasteiger charge is -2.11. The largest absolute Gasteiger partial charge is 0.507 e. The van der Waals surface area contributed by atoms with Crippen molar-refractivity contribution in [2.45, 2.75) is 12.3 Å². The summed E-state index contributed by atoms with van der Waals surface area (Å²) in [7, 11) is 0. The first-order valence-corrected chi connectivity index (χ1v) is 5.80. The molecule has 0 aliphatic heterocycles. The molecule has 3 rings (SSSR count). The van der Waals surface area contributed by atoms with Crippen LogP contribution in [-0.4, -0.2) is 16.6 Å². The third-order valence-corrected chi connectivity index (χ3v) is 3.36. The van der Waals surface area contributed by atoms with E-state index in [1.807, 2.05) is 12.1 Å². The van der Waals surface area contributed by atoms with E-state index in [9.17, 15) is 5.11 Å². The Morgan fingerprint density at radius 1 is 1.18 bits per heavy atom. The van der Waals surface area contributed by atoms with Gasteiger partial charge in [-0.2, -0.15) is 0 Å². The monoisotopic (exact) mass is 226 g/mol. The number of aromatic nitrogens is 1. The third-order valence-electron chi connectivity index (χ3n) is 3.36. The van der Waals surface area contributed by atoms with Crippen LogP contribution in [0.3, 0.4) is 0 Å². The lowest BCUT2D eigenvalue weighted by atomic mass is 9.94. The van der Waals surface area contributed by atoms with Crippen molar-refractivity contribution in [3.8, 4) is 17.0 Å². The Bertz CT molecular complexity index is 566. The molecule has 0 saturated carbocycles. The minimum Gasteiger partial charge on any atom is -0.507 e. The molecule has 0 fully saturated rings. The van der Waals surface area contributed by atoms with Gasteiger partial charge in [-0.25, -0.2) is 0 Å². The topological polar surface area (TPSA) is 59.1 Å². The summed E-state index contributed by atoms with van der Waals surface area (Å²) in [4.78, 5) is 4.39. The summed E-state index contributed by atoms with van der Waals surface area (Å²) in [5, 5.41) is 9.99. The molecule has 86 valence electrons. The quantitative estimate of drug-likeness (QED) is 0.825. The summed E-state index contributed by atoms with van der Waals surface area (Å²) >= 11 is 0. The van der Waals surface area contributed by atoms with Crippen LogP contribution in [0.4, 0.5) is 0 Å². The van der Waals surface area contributed by atoms with Gasteiger partial charge in [0.1, 0.15) is 5.75 Å². The highest BCUT2D eigenvalue weighted by Crippen LogP contribution is 2.48. The molecule has 1 aromatic carbocycles. The Labute approximate surface area is 99.9 Å². The average Bonchev–Trinajstić information content (AvgIpc) is 2.66. The summed E-state index contributed by atoms with van der Waals surface area (Å²) < 4.78 is 0. The molecule has 1 aliphatic carbocycles. The fraction of sp³-hybridized carbons (Fsp3) is 0.214. The molecule has 0 amide bonds. The van der Waals surface area contributed by atoms with E-state index in [0.717, 1.165) is 23.2 Å². The number of benzene rings is 1. The molecule has 0 radical (unpaired) electrons. The summed E-state index contributed by atoms with van der Waals surface area (Å²) in [6.45, 7) is 0.633. The maximum absolute atomic E-state index is 9.99. The molecule has 1 atom stereocenters. The average molecular weight is 226 g/mol. The molecular weight excluding hydrogens is 212 g/mol. The fourth-order valence-electron chi connectivity index (χ4n) is 2.66. The summed E-state index contributed by atoms with van der Waals surface area (Å²) in [5.41, 5.74) is 9.77. The summed E-state index contributed by atoms with van der Waals surface area (Å²) in [6.07, 6.45) is 2.65. The number of fused-ring (bicyclic) bond motifs is 3. The number of nitrogens with two attached hydrogens (primary N) is 1. The first-order valence-electron chi connectivity index (χ1n) is 5.80. The smallest absolute Gasteiger partial charge is 0.125 e. The Morgan fingerprint density at radius 3 is 2.82 bits per heavy atom. The number of rotatable bonds is 2. The van der Waals surface area contributed by atoms with Crippen molar-refractivity contribution >= 4 is 0 Å². The van der Waals surface area contributed by atoms with Crippen LogP contribution in [0.15, 0.2) is 36.5 Å². The van der Waals surface area contributed by atoms with E-state index in [-0.39, 0.29) is 5.92 Å². The van der Waals surface area contributed by atoms with Crippen molar-refractivity contribution in [2.24, 2.45) is 5.73 Å². The summed E-state index contributed by atoms with van der Waals surface area (Å²) in [6, 6.07) is 9.65. The number of nitrogens with zero attached hydrogens (tertiary/aromatic N) is 1. The maximum atomic E-state index is 9.99. The lowest BCUT2D eigenvalue weighted by Crippen LogP contribution is -2.06. The van der Waals surface area contributed by atoms with Crippen LogP contribution in [0.5, 0.6) is 5.75 Å². The van der Waals surface area contributed by atoms with Crippen LogP contribution in [-0.2, 0) is 0 Å². The van der Waals surface area contributed by atoms with Crippen LogP contribution >= 0.6 is 0 Å². The van der Waals surface area contributed by atoms with Crippen LogP contribution in [0.1, 0.15) is 23.5 Å². The molecule has 0 saturated heterocycles. The maximum Gasteiger partial charge on any atom is 0.125 e. The minimum atomic E-state index is 0.269. The molecule has 2 aromatic rings. The normalized spacial score (nSPS) is 16.6. The highest BCUT2D eigenvalue weighted by atomic mass is 16.3. The number of phenols is 1. The highest BCUT2D eigenvalue weighted by Gasteiger charge is 2.30.